The molecule has 2 N–H and O–H groups in total. The summed E-state index contributed by atoms with van der Waals surface area (Å²) in [5.41, 5.74) is 6.42. The van der Waals surface area contributed by atoms with Crippen molar-refractivity contribution in [3.05, 3.63) is 23.6 Å². The minimum atomic E-state index is -0.251. The zero-order chi connectivity index (χ0) is 14.0. The maximum Gasteiger partial charge on any atom is 0.170 e. The highest BCUT2D eigenvalue weighted by Crippen LogP contribution is 2.35. The molecule has 2 heterocycles. The molecule has 3 nitrogen and oxygen atoms in total. The third kappa shape index (κ3) is 3.06. The lowest BCUT2D eigenvalue weighted by Crippen LogP contribution is -2.39. The maximum atomic E-state index is 14.2. The lowest BCUT2D eigenvalue weighted by atomic mass is 9.75. The topological polar surface area (TPSA) is 42.2 Å². The Balaban J connectivity index is 2.10. The number of nitrogens with two attached hydrogens (primary N) is 1. The smallest absolute Gasteiger partial charge is 0.170 e. The molecule has 2 rings (SSSR count). The van der Waals surface area contributed by atoms with Crippen molar-refractivity contribution in [2.24, 2.45) is 17.1 Å². The molecule has 19 heavy (non-hydrogen) atoms. The Morgan fingerprint density at radius 1 is 1.37 bits per heavy atom. The summed E-state index contributed by atoms with van der Waals surface area (Å²) in [4.78, 5) is 6.25. The lowest BCUT2D eigenvalue weighted by molar-refractivity contribution is 0.198. The van der Waals surface area contributed by atoms with Crippen molar-refractivity contribution in [2.75, 3.05) is 18.0 Å². The number of hydrogen-bond donors (Lipinski definition) is 1. The SMILES string of the molecule is CC(C)(C)C1CCN(c2nccc(CN)c2F)CC1. The zero-order valence-electron chi connectivity index (χ0n) is 12.1. The highest BCUT2D eigenvalue weighted by Gasteiger charge is 2.30. The van der Waals surface area contributed by atoms with E-state index in [-0.39, 0.29) is 12.4 Å². The molecule has 1 aliphatic rings. The Bertz CT molecular complexity index is 432. The molecule has 0 aliphatic carbocycles. The van der Waals surface area contributed by atoms with Gasteiger partial charge in [0.05, 0.1) is 0 Å². The van der Waals surface area contributed by atoms with E-state index in [2.05, 4.69) is 30.7 Å². The van der Waals surface area contributed by atoms with Crippen LogP contribution in [-0.4, -0.2) is 18.1 Å². The summed E-state index contributed by atoms with van der Waals surface area (Å²) in [5.74, 6) is 0.916. The fraction of sp³-hybridized carbons (Fsp3) is 0.667. The second-order valence-electron chi connectivity index (χ2n) is 6.44. The second kappa shape index (κ2) is 5.45. The van der Waals surface area contributed by atoms with Gasteiger partial charge in [0, 0.05) is 31.4 Å². The fourth-order valence-corrected chi connectivity index (χ4v) is 2.81. The minimum absolute atomic E-state index is 0.222. The summed E-state index contributed by atoms with van der Waals surface area (Å²) in [6.45, 7) is 8.81. The van der Waals surface area contributed by atoms with Crippen molar-refractivity contribution in [3.8, 4) is 0 Å². The molecule has 1 fully saturated rings. The van der Waals surface area contributed by atoms with Gasteiger partial charge in [-0.05, 0) is 30.2 Å². The van der Waals surface area contributed by atoms with Crippen LogP contribution in [0.4, 0.5) is 10.2 Å². The van der Waals surface area contributed by atoms with Gasteiger partial charge in [0.2, 0.25) is 0 Å². The second-order valence-corrected chi connectivity index (χ2v) is 6.44. The van der Waals surface area contributed by atoms with Crippen LogP contribution in [0.3, 0.4) is 0 Å². The Labute approximate surface area is 115 Å². The van der Waals surface area contributed by atoms with E-state index >= 15 is 0 Å². The van der Waals surface area contributed by atoms with Crippen LogP contribution in [-0.2, 0) is 6.54 Å². The van der Waals surface area contributed by atoms with E-state index in [1.807, 2.05) is 0 Å². The van der Waals surface area contributed by atoms with Gasteiger partial charge in [-0.1, -0.05) is 20.8 Å². The van der Waals surface area contributed by atoms with Crippen molar-refractivity contribution >= 4 is 5.82 Å². The summed E-state index contributed by atoms with van der Waals surface area (Å²) >= 11 is 0. The van der Waals surface area contributed by atoms with E-state index < -0.39 is 0 Å². The Morgan fingerprint density at radius 2 is 2.00 bits per heavy atom. The zero-order valence-corrected chi connectivity index (χ0v) is 12.1. The molecule has 0 bridgehead atoms. The highest BCUT2D eigenvalue weighted by atomic mass is 19.1. The molecule has 0 atom stereocenters. The summed E-state index contributed by atoms with van der Waals surface area (Å²) in [5, 5.41) is 0. The van der Waals surface area contributed by atoms with E-state index in [4.69, 9.17) is 5.73 Å². The number of anilines is 1. The molecule has 1 aliphatic heterocycles. The standard InChI is InChI=1S/C15H24FN3/c1-15(2,3)12-5-8-19(9-6-12)14-13(16)11(10-17)4-7-18-14/h4,7,12H,5-6,8-10,17H2,1-3H3. The van der Waals surface area contributed by atoms with Crippen LogP contribution in [0.25, 0.3) is 0 Å². The molecular formula is C15H24FN3. The molecule has 0 radical (unpaired) electrons. The first-order valence-electron chi connectivity index (χ1n) is 7.02. The van der Waals surface area contributed by atoms with E-state index in [0.717, 1.165) is 25.9 Å². The van der Waals surface area contributed by atoms with Crippen LogP contribution >= 0.6 is 0 Å². The molecule has 0 amide bonds. The van der Waals surface area contributed by atoms with Crippen molar-refractivity contribution < 1.29 is 4.39 Å². The monoisotopic (exact) mass is 265 g/mol. The van der Waals surface area contributed by atoms with Crippen molar-refractivity contribution in [1.29, 1.82) is 0 Å². The third-order valence-corrected chi connectivity index (χ3v) is 4.19. The average Bonchev–Trinajstić information content (AvgIpc) is 2.38. The number of aromatic nitrogens is 1. The number of pyridine rings is 1. The normalized spacial score (nSPS) is 17.8. The van der Waals surface area contributed by atoms with E-state index in [1.165, 1.54) is 0 Å². The predicted molar refractivity (Wildman–Crippen MR) is 76.5 cm³/mol. The molecule has 0 unspecified atom stereocenters. The number of halogens is 1. The average molecular weight is 265 g/mol. The number of rotatable bonds is 2. The minimum Gasteiger partial charge on any atom is -0.354 e. The van der Waals surface area contributed by atoms with Gasteiger partial charge < -0.3 is 10.6 Å². The van der Waals surface area contributed by atoms with Crippen LogP contribution in [0.5, 0.6) is 0 Å². The summed E-state index contributed by atoms with van der Waals surface area (Å²) in [6.07, 6.45) is 3.84. The first-order chi connectivity index (χ1) is 8.93. The van der Waals surface area contributed by atoms with E-state index in [1.54, 1.807) is 12.3 Å². The fourth-order valence-electron chi connectivity index (χ4n) is 2.81. The first-order valence-corrected chi connectivity index (χ1v) is 7.02. The van der Waals surface area contributed by atoms with Crippen LogP contribution in [0.2, 0.25) is 0 Å². The molecule has 1 aromatic rings. The largest absolute Gasteiger partial charge is 0.354 e. The van der Waals surface area contributed by atoms with E-state index in [0.29, 0.717) is 22.7 Å². The third-order valence-electron chi connectivity index (χ3n) is 4.19. The predicted octanol–water partition coefficient (Wildman–Crippen LogP) is 2.94. The van der Waals surface area contributed by atoms with E-state index in [9.17, 15) is 4.39 Å². The molecular weight excluding hydrogens is 241 g/mol. The van der Waals surface area contributed by atoms with Gasteiger partial charge >= 0.3 is 0 Å². The van der Waals surface area contributed by atoms with Gasteiger partial charge in [-0.15, -0.1) is 0 Å². The van der Waals surface area contributed by atoms with Gasteiger partial charge in [0.15, 0.2) is 11.6 Å². The number of piperidine rings is 1. The van der Waals surface area contributed by atoms with Crippen LogP contribution < -0.4 is 10.6 Å². The number of hydrogen-bond acceptors (Lipinski definition) is 3. The highest BCUT2D eigenvalue weighted by molar-refractivity contribution is 5.43. The lowest BCUT2D eigenvalue weighted by Gasteiger charge is -2.39. The molecule has 0 spiro atoms. The van der Waals surface area contributed by atoms with Gasteiger partial charge in [0.25, 0.3) is 0 Å². The number of nitrogens with zero attached hydrogens (tertiary/aromatic N) is 2. The maximum absolute atomic E-state index is 14.2. The molecule has 1 saturated heterocycles. The van der Waals surface area contributed by atoms with Crippen LogP contribution in [0.15, 0.2) is 12.3 Å². The Kier molecular flexibility index (Phi) is 4.09. The molecule has 1 aromatic heterocycles. The van der Waals surface area contributed by atoms with Crippen molar-refractivity contribution in [3.63, 3.8) is 0 Å². The van der Waals surface area contributed by atoms with Crippen LogP contribution in [0.1, 0.15) is 39.2 Å². The summed E-state index contributed by atoms with van der Waals surface area (Å²) < 4.78 is 14.2. The van der Waals surface area contributed by atoms with Gasteiger partial charge in [-0.3, -0.25) is 0 Å². The van der Waals surface area contributed by atoms with Crippen molar-refractivity contribution in [2.45, 2.75) is 40.2 Å². The van der Waals surface area contributed by atoms with Crippen molar-refractivity contribution in [1.82, 2.24) is 4.98 Å². The Morgan fingerprint density at radius 3 is 2.53 bits per heavy atom. The first kappa shape index (κ1) is 14.3. The summed E-state index contributed by atoms with van der Waals surface area (Å²) in [7, 11) is 0. The Hall–Kier alpha value is -1.16. The quantitative estimate of drug-likeness (QED) is 0.894. The molecule has 0 aromatic carbocycles. The summed E-state index contributed by atoms with van der Waals surface area (Å²) in [6, 6.07) is 1.65. The molecule has 4 heteroatoms. The van der Waals surface area contributed by atoms with Gasteiger partial charge in [-0.25, -0.2) is 9.37 Å². The molecule has 0 saturated carbocycles. The van der Waals surface area contributed by atoms with Gasteiger partial charge in [0.1, 0.15) is 0 Å². The van der Waals surface area contributed by atoms with Crippen LogP contribution in [0, 0.1) is 17.2 Å². The molecule has 106 valence electrons. The van der Waals surface area contributed by atoms with Gasteiger partial charge in [-0.2, -0.15) is 0 Å².